The topological polar surface area (TPSA) is 30.5 Å². The smallest absolute Gasteiger partial charge is 0.175 e. The van der Waals surface area contributed by atoms with E-state index in [-0.39, 0.29) is 0 Å². The minimum atomic E-state index is 0.628. The van der Waals surface area contributed by atoms with Gasteiger partial charge in [0.2, 0.25) is 0 Å². The van der Waals surface area contributed by atoms with Crippen LogP contribution in [0.15, 0.2) is 16.6 Å². The molecule has 1 aromatic rings. The molecule has 0 amide bonds. The lowest BCUT2D eigenvalue weighted by molar-refractivity contribution is 0.170. The second kappa shape index (κ2) is 7.01. The zero-order valence-electron chi connectivity index (χ0n) is 12.7. The van der Waals surface area contributed by atoms with Gasteiger partial charge in [-0.25, -0.2) is 0 Å². The molecular formula is C17H24BrNO2. The number of halogens is 1. The highest BCUT2D eigenvalue weighted by molar-refractivity contribution is 9.10. The van der Waals surface area contributed by atoms with Crippen LogP contribution in [0.4, 0.5) is 0 Å². The Morgan fingerprint density at radius 2 is 2.00 bits per heavy atom. The van der Waals surface area contributed by atoms with E-state index in [9.17, 15) is 0 Å². The molecule has 1 aromatic carbocycles. The maximum atomic E-state index is 5.68. The zero-order chi connectivity index (χ0) is 14.7. The first-order valence-electron chi connectivity index (χ1n) is 8.03. The van der Waals surface area contributed by atoms with Crippen LogP contribution in [0.2, 0.25) is 0 Å². The van der Waals surface area contributed by atoms with E-state index in [0.717, 1.165) is 40.9 Å². The summed E-state index contributed by atoms with van der Waals surface area (Å²) in [4.78, 5) is 0. The molecule has 3 rings (SSSR count). The molecular weight excluding hydrogens is 330 g/mol. The second-order valence-corrected chi connectivity index (χ2v) is 7.11. The van der Waals surface area contributed by atoms with E-state index in [4.69, 9.17) is 9.47 Å². The van der Waals surface area contributed by atoms with E-state index in [1.54, 1.807) is 0 Å². The van der Waals surface area contributed by atoms with Crippen molar-refractivity contribution in [3.63, 3.8) is 0 Å². The molecule has 0 aromatic heterocycles. The highest BCUT2D eigenvalue weighted by Gasteiger charge is 2.21. The van der Waals surface area contributed by atoms with Gasteiger partial charge in [0, 0.05) is 6.54 Å². The summed E-state index contributed by atoms with van der Waals surface area (Å²) in [7, 11) is 0. The fourth-order valence-corrected chi connectivity index (χ4v) is 3.97. The largest absolute Gasteiger partial charge is 0.486 e. The van der Waals surface area contributed by atoms with Gasteiger partial charge in [0.15, 0.2) is 11.5 Å². The number of ether oxygens (including phenoxy) is 2. The fourth-order valence-electron chi connectivity index (χ4n) is 3.36. The van der Waals surface area contributed by atoms with E-state index in [1.807, 2.05) is 0 Å². The monoisotopic (exact) mass is 353 g/mol. The van der Waals surface area contributed by atoms with Crippen molar-refractivity contribution in [2.45, 2.75) is 39.2 Å². The predicted molar refractivity (Wildman–Crippen MR) is 88.0 cm³/mol. The van der Waals surface area contributed by atoms with Gasteiger partial charge in [0.1, 0.15) is 13.2 Å². The average Bonchev–Trinajstić information content (AvgIpc) is 2.49. The second-order valence-electron chi connectivity index (χ2n) is 6.25. The quantitative estimate of drug-likeness (QED) is 0.882. The van der Waals surface area contributed by atoms with Crippen LogP contribution in [-0.4, -0.2) is 19.8 Å². The molecule has 0 radical (unpaired) electrons. The van der Waals surface area contributed by atoms with Gasteiger partial charge in [0.25, 0.3) is 0 Å². The molecule has 0 saturated heterocycles. The molecule has 1 heterocycles. The molecule has 0 bridgehead atoms. The van der Waals surface area contributed by atoms with Gasteiger partial charge >= 0.3 is 0 Å². The molecule has 1 fully saturated rings. The molecule has 2 unspecified atom stereocenters. The normalized spacial score (nSPS) is 24.9. The van der Waals surface area contributed by atoms with Crippen LogP contribution >= 0.6 is 15.9 Å². The summed E-state index contributed by atoms with van der Waals surface area (Å²) in [5, 5.41) is 3.62. The molecule has 1 N–H and O–H groups in total. The number of fused-ring (bicyclic) bond motifs is 1. The number of hydrogen-bond donors (Lipinski definition) is 1. The Kier molecular flexibility index (Phi) is 5.07. The molecule has 1 aliphatic heterocycles. The van der Waals surface area contributed by atoms with Gasteiger partial charge < -0.3 is 14.8 Å². The van der Waals surface area contributed by atoms with Crippen molar-refractivity contribution in [1.29, 1.82) is 0 Å². The van der Waals surface area contributed by atoms with Gasteiger partial charge in [-0.1, -0.05) is 26.2 Å². The first-order chi connectivity index (χ1) is 10.2. The average molecular weight is 354 g/mol. The first-order valence-corrected chi connectivity index (χ1v) is 8.82. The summed E-state index contributed by atoms with van der Waals surface area (Å²) in [6, 6.07) is 4.22. The van der Waals surface area contributed by atoms with Gasteiger partial charge in [-0.05, 0) is 58.4 Å². The molecule has 2 atom stereocenters. The predicted octanol–water partition coefficient (Wildman–Crippen LogP) is 4.14. The SMILES string of the molecule is CC1CCCCC1CNCc1cc(Br)c2c(c1)OCCO2. The van der Waals surface area contributed by atoms with Gasteiger partial charge in [-0.15, -0.1) is 0 Å². The van der Waals surface area contributed by atoms with E-state index in [2.05, 4.69) is 40.3 Å². The van der Waals surface area contributed by atoms with Crippen molar-refractivity contribution >= 4 is 15.9 Å². The number of nitrogens with one attached hydrogen (secondary N) is 1. The van der Waals surface area contributed by atoms with E-state index < -0.39 is 0 Å². The van der Waals surface area contributed by atoms with Crippen LogP contribution in [0.5, 0.6) is 11.5 Å². The first kappa shape index (κ1) is 15.2. The van der Waals surface area contributed by atoms with Crippen molar-refractivity contribution in [2.75, 3.05) is 19.8 Å². The lowest BCUT2D eigenvalue weighted by atomic mass is 9.80. The zero-order valence-corrected chi connectivity index (χ0v) is 14.2. The third kappa shape index (κ3) is 3.72. The molecule has 116 valence electrons. The Hall–Kier alpha value is -0.740. The number of hydrogen-bond acceptors (Lipinski definition) is 3. The Morgan fingerprint density at radius 1 is 1.19 bits per heavy atom. The van der Waals surface area contributed by atoms with Crippen molar-refractivity contribution in [3.8, 4) is 11.5 Å². The third-order valence-electron chi connectivity index (χ3n) is 4.68. The van der Waals surface area contributed by atoms with E-state index in [1.165, 1.54) is 31.2 Å². The van der Waals surface area contributed by atoms with Crippen LogP contribution in [0.3, 0.4) is 0 Å². The Labute approximate surface area is 135 Å². The molecule has 1 saturated carbocycles. The molecule has 0 spiro atoms. The van der Waals surface area contributed by atoms with Crippen LogP contribution in [0.25, 0.3) is 0 Å². The van der Waals surface area contributed by atoms with Crippen LogP contribution in [0, 0.1) is 11.8 Å². The molecule has 3 nitrogen and oxygen atoms in total. The summed E-state index contributed by atoms with van der Waals surface area (Å²) >= 11 is 3.58. The Balaban J connectivity index is 1.56. The minimum Gasteiger partial charge on any atom is -0.486 e. The number of rotatable bonds is 4. The molecule has 4 heteroatoms. The van der Waals surface area contributed by atoms with E-state index in [0.29, 0.717) is 13.2 Å². The Bertz CT molecular complexity index is 492. The standard InChI is InChI=1S/C17H24BrNO2/c1-12-4-2-3-5-14(12)11-19-10-13-8-15(18)17-16(9-13)20-6-7-21-17/h8-9,12,14,19H,2-7,10-11H2,1H3. The van der Waals surface area contributed by atoms with Crippen LogP contribution < -0.4 is 14.8 Å². The minimum absolute atomic E-state index is 0.628. The fraction of sp³-hybridized carbons (Fsp3) is 0.647. The lowest BCUT2D eigenvalue weighted by Crippen LogP contribution is -2.29. The van der Waals surface area contributed by atoms with Crippen molar-refractivity contribution in [2.24, 2.45) is 11.8 Å². The van der Waals surface area contributed by atoms with Gasteiger partial charge in [-0.3, -0.25) is 0 Å². The lowest BCUT2D eigenvalue weighted by Gasteiger charge is -2.29. The van der Waals surface area contributed by atoms with Crippen LogP contribution in [-0.2, 0) is 6.54 Å². The van der Waals surface area contributed by atoms with Gasteiger partial charge in [0.05, 0.1) is 4.47 Å². The summed E-state index contributed by atoms with van der Waals surface area (Å²) in [5.41, 5.74) is 1.24. The highest BCUT2D eigenvalue weighted by atomic mass is 79.9. The Morgan fingerprint density at radius 3 is 2.86 bits per heavy atom. The molecule has 2 aliphatic rings. The summed E-state index contributed by atoms with van der Waals surface area (Å²) in [5.74, 6) is 3.39. The van der Waals surface area contributed by atoms with Gasteiger partial charge in [-0.2, -0.15) is 0 Å². The highest BCUT2D eigenvalue weighted by Crippen LogP contribution is 2.38. The number of benzene rings is 1. The summed E-state index contributed by atoms with van der Waals surface area (Å²) in [6.07, 6.45) is 5.57. The van der Waals surface area contributed by atoms with Crippen molar-refractivity contribution in [3.05, 3.63) is 22.2 Å². The molecule has 21 heavy (non-hydrogen) atoms. The summed E-state index contributed by atoms with van der Waals surface area (Å²) < 4.78 is 12.3. The molecule has 1 aliphatic carbocycles. The van der Waals surface area contributed by atoms with Crippen molar-refractivity contribution < 1.29 is 9.47 Å². The van der Waals surface area contributed by atoms with E-state index >= 15 is 0 Å². The maximum absolute atomic E-state index is 5.68. The maximum Gasteiger partial charge on any atom is 0.175 e. The third-order valence-corrected chi connectivity index (χ3v) is 5.27. The van der Waals surface area contributed by atoms with Crippen LogP contribution in [0.1, 0.15) is 38.2 Å². The van der Waals surface area contributed by atoms with Crippen molar-refractivity contribution in [1.82, 2.24) is 5.32 Å². The summed E-state index contributed by atoms with van der Waals surface area (Å²) in [6.45, 7) is 5.66.